The highest BCUT2D eigenvalue weighted by atomic mass is 32.1. The van der Waals surface area contributed by atoms with Crippen LogP contribution in [-0.4, -0.2) is 24.1 Å². The summed E-state index contributed by atoms with van der Waals surface area (Å²) in [5.41, 5.74) is 0.107. The summed E-state index contributed by atoms with van der Waals surface area (Å²) in [6, 6.07) is 7.62. The highest BCUT2D eigenvalue weighted by Gasteiger charge is 2.33. The van der Waals surface area contributed by atoms with Crippen LogP contribution in [0.1, 0.15) is 30.1 Å². The monoisotopic (exact) mass is 386 g/mol. The molecule has 0 amide bonds. The first-order chi connectivity index (χ1) is 12.4. The molecule has 9 heteroatoms. The summed E-state index contributed by atoms with van der Waals surface area (Å²) in [4.78, 5) is 8.04. The fraction of sp³-hybridized carbons (Fsp3) is 0.412. The van der Waals surface area contributed by atoms with Gasteiger partial charge in [-0.1, -0.05) is 12.1 Å². The summed E-state index contributed by atoms with van der Waals surface area (Å²) >= 11 is 0.965. The van der Waals surface area contributed by atoms with Crippen LogP contribution in [0.5, 0.6) is 5.75 Å². The smallest absolute Gasteiger partial charge is 0.434 e. The lowest BCUT2D eigenvalue weighted by Crippen LogP contribution is -2.36. The molecule has 0 aliphatic carbocycles. The number of thiazole rings is 1. The van der Waals surface area contributed by atoms with Gasteiger partial charge in [0.05, 0.1) is 19.7 Å². The van der Waals surface area contributed by atoms with Crippen molar-refractivity contribution in [3.63, 3.8) is 0 Å². The van der Waals surface area contributed by atoms with Gasteiger partial charge < -0.3 is 15.4 Å². The summed E-state index contributed by atoms with van der Waals surface area (Å²) < 4.78 is 43.2. The van der Waals surface area contributed by atoms with E-state index in [-0.39, 0.29) is 6.54 Å². The summed E-state index contributed by atoms with van der Waals surface area (Å²) in [7, 11) is 0. The third kappa shape index (κ3) is 6.21. The van der Waals surface area contributed by atoms with Crippen LogP contribution >= 0.6 is 11.3 Å². The van der Waals surface area contributed by atoms with Crippen molar-refractivity contribution in [3.8, 4) is 5.75 Å². The van der Waals surface area contributed by atoms with Gasteiger partial charge in [0.25, 0.3) is 0 Å². The number of aromatic nitrogens is 1. The zero-order chi connectivity index (χ0) is 19.0. The van der Waals surface area contributed by atoms with Crippen LogP contribution in [-0.2, 0) is 19.3 Å². The predicted octanol–water partition coefficient (Wildman–Crippen LogP) is 3.82. The standard InChI is InChI=1S/C17H21F3N4OS/c1-3-21-16(22-9-12-6-5-7-13(8-12)25-4-2)23-10-15-24-14(11-26-15)17(18,19)20/h5-8,11H,3-4,9-10H2,1-2H3,(H2,21,22,23). The predicted molar refractivity (Wildman–Crippen MR) is 96.4 cm³/mol. The Morgan fingerprint density at radius 3 is 2.73 bits per heavy atom. The fourth-order valence-corrected chi connectivity index (χ4v) is 2.83. The number of hydrogen-bond donors (Lipinski definition) is 2. The lowest BCUT2D eigenvalue weighted by molar-refractivity contribution is -0.140. The number of rotatable bonds is 7. The van der Waals surface area contributed by atoms with Crippen molar-refractivity contribution in [3.05, 3.63) is 45.9 Å². The number of benzene rings is 1. The highest BCUT2D eigenvalue weighted by Crippen LogP contribution is 2.29. The van der Waals surface area contributed by atoms with E-state index in [9.17, 15) is 13.2 Å². The first-order valence-corrected chi connectivity index (χ1v) is 9.05. The molecule has 0 aliphatic rings. The Bertz CT molecular complexity index is 731. The lowest BCUT2D eigenvalue weighted by Gasteiger charge is -2.10. The van der Waals surface area contributed by atoms with E-state index >= 15 is 0 Å². The molecule has 0 saturated heterocycles. The van der Waals surface area contributed by atoms with Crippen molar-refractivity contribution in [2.75, 3.05) is 13.2 Å². The molecule has 2 rings (SSSR count). The number of halogens is 3. The van der Waals surface area contributed by atoms with Gasteiger partial charge in [-0.05, 0) is 31.5 Å². The van der Waals surface area contributed by atoms with Crippen molar-refractivity contribution >= 4 is 17.3 Å². The van der Waals surface area contributed by atoms with E-state index in [0.29, 0.717) is 30.7 Å². The third-order valence-electron chi connectivity index (χ3n) is 3.22. The zero-order valence-corrected chi connectivity index (χ0v) is 15.4. The number of hydrogen-bond acceptors (Lipinski definition) is 4. The molecule has 0 radical (unpaired) electrons. The number of nitrogens with zero attached hydrogens (tertiary/aromatic N) is 2. The molecule has 1 heterocycles. The van der Waals surface area contributed by atoms with Gasteiger partial charge in [-0.25, -0.2) is 9.98 Å². The topological polar surface area (TPSA) is 58.5 Å². The molecule has 26 heavy (non-hydrogen) atoms. The quantitative estimate of drug-likeness (QED) is 0.561. The molecule has 1 aromatic heterocycles. The van der Waals surface area contributed by atoms with Gasteiger partial charge in [-0.3, -0.25) is 0 Å². The van der Waals surface area contributed by atoms with E-state index in [1.165, 1.54) is 0 Å². The lowest BCUT2D eigenvalue weighted by atomic mass is 10.2. The molecule has 0 aliphatic heterocycles. The van der Waals surface area contributed by atoms with Crippen molar-refractivity contribution in [1.29, 1.82) is 0 Å². The Morgan fingerprint density at radius 1 is 1.27 bits per heavy atom. The molecule has 0 unspecified atom stereocenters. The van der Waals surface area contributed by atoms with Gasteiger partial charge in [0.15, 0.2) is 11.7 Å². The molecule has 142 valence electrons. The van der Waals surface area contributed by atoms with Gasteiger partial charge in [0.2, 0.25) is 0 Å². The summed E-state index contributed by atoms with van der Waals surface area (Å²) in [6.45, 7) is 5.65. The van der Waals surface area contributed by atoms with Crippen LogP contribution in [0.3, 0.4) is 0 Å². The molecule has 0 saturated carbocycles. The van der Waals surface area contributed by atoms with Crippen LogP contribution in [0, 0.1) is 0 Å². The van der Waals surface area contributed by atoms with Gasteiger partial charge in [-0.15, -0.1) is 11.3 Å². The van der Waals surface area contributed by atoms with Crippen LogP contribution in [0.25, 0.3) is 0 Å². The maximum absolute atomic E-state index is 12.6. The number of nitrogens with one attached hydrogen (secondary N) is 2. The highest BCUT2D eigenvalue weighted by molar-refractivity contribution is 7.09. The van der Waals surface area contributed by atoms with Crippen molar-refractivity contribution in [2.24, 2.45) is 4.99 Å². The molecule has 0 fully saturated rings. The average Bonchev–Trinajstić information content (AvgIpc) is 3.07. The van der Waals surface area contributed by atoms with E-state index in [1.54, 1.807) is 0 Å². The number of guanidine groups is 1. The maximum Gasteiger partial charge on any atom is 0.434 e. The minimum atomic E-state index is -4.42. The summed E-state index contributed by atoms with van der Waals surface area (Å²) in [6.07, 6.45) is -4.42. The third-order valence-corrected chi connectivity index (χ3v) is 4.07. The normalized spacial score (nSPS) is 12.1. The first kappa shape index (κ1) is 20.0. The molecule has 2 N–H and O–H groups in total. The van der Waals surface area contributed by atoms with E-state index in [0.717, 1.165) is 28.0 Å². The van der Waals surface area contributed by atoms with Gasteiger partial charge in [0.1, 0.15) is 10.8 Å². The first-order valence-electron chi connectivity index (χ1n) is 8.18. The second-order valence-electron chi connectivity index (χ2n) is 5.25. The van der Waals surface area contributed by atoms with Crippen molar-refractivity contribution < 1.29 is 17.9 Å². The molecule has 0 atom stereocenters. The average molecular weight is 386 g/mol. The largest absolute Gasteiger partial charge is 0.494 e. The SMILES string of the molecule is CCNC(=NCc1cccc(OCC)c1)NCc1nc(C(F)(F)F)cs1. The van der Waals surface area contributed by atoms with Gasteiger partial charge in [0, 0.05) is 11.9 Å². The molecule has 1 aromatic carbocycles. The summed E-state index contributed by atoms with van der Waals surface area (Å²) in [5, 5.41) is 7.42. The Morgan fingerprint density at radius 2 is 2.08 bits per heavy atom. The molecular formula is C17H21F3N4OS. The molecule has 0 spiro atoms. The van der Waals surface area contributed by atoms with E-state index < -0.39 is 11.9 Å². The molecular weight excluding hydrogens is 365 g/mol. The maximum atomic E-state index is 12.6. The minimum Gasteiger partial charge on any atom is -0.494 e. The number of alkyl halides is 3. The second kappa shape index (κ2) is 9.42. The van der Waals surface area contributed by atoms with Gasteiger partial charge >= 0.3 is 6.18 Å². The van der Waals surface area contributed by atoms with E-state index in [4.69, 9.17) is 4.74 Å². The fourth-order valence-electron chi connectivity index (χ4n) is 2.09. The van der Waals surface area contributed by atoms with Crippen LogP contribution < -0.4 is 15.4 Å². The van der Waals surface area contributed by atoms with E-state index in [2.05, 4.69) is 20.6 Å². The Kier molecular flexibility index (Phi) is 7.26. The Labute approximate surface area is 154 Å². The van der Waals surface area contributed by atoms with Crippen molar-refractivity contribution in [1.82, 2.24) is 15.6 Å². The van der Waals surface area contributed by atoms with E-state index in [1.807, 2.05) is 38.1 Å². The van der Waals surface area contributed by atoms with Crippen LogP contribution in [0.4, 0.5) is 13.2 Å². The Balaban J connectivity index is 1.98. The van der Waals surface area contributed by atoms with Crippen LogP contribution in [0.2, 0.25) is 0 Å². The summed E-state index contributed by atoms with van der Waals surface area (Å²) in [5.74, 6) is 1.29. The molecule has 2 aromatic rings. The minimum absolute atomic E-state index is 0.172. The number of aliphatic imine (C=N–C) groups is 1. The second-order valence-corrected chi connectivity index (χ2v) is 6.20. The molecule has 0 bridgehead atoms. The van der Waals surface area contributed by atoms with Crippen LogP contribution in [0.15, 0.2) is 34.6 Å². The number of ether oxygens (including phenoxy) is 1. The molecule has 5 nitrogen and oxygen atoms in total. The Hall–Kier alpha value is -2.29. The van der Waals surface area contributed by atoms with Crippen molar-refractivity contribution in [2.45, 2.75) is 33.1 Å². The zero-order valence-electron chi connectivity index (χ0n) is 14.6. The van der Waals surface area contributed by atoms with Gasteiger partial charge in [-0.2, -0.15) is 13.2 Å².